The predicted octanol–water partition coefficient (Wildman–Crippen LogP) is 6.00. The van der Waals surface area contributed by atoms with Crippen molar-refractivity contribution < 1.29 is 26.3 Å². The zero-order valence-electron chi connectivity index (χ0n) is 14.9. The van der Waals surface area contributed by atoms with Gasteiger partial charge in [0, 0.05) is 12.7 Å². The minimum absolute atomic E-state index is 0.121. The van der Waals surface area contributed by atoms with E-state index in [4.69, 9.17) is 0 Å². The summed E-state index contributed by atoms with van der Waals surface area (Å²) in [6.07, 6.45) is -8.39. The van der Waals surface area contributed by atoms with Crippen LogP contribution in [0.1, 0.15) is 34.0 Å². The van der Waals surface area contributed by atoms with Crippen LogP contribution in [0.4, 0.5) is 26.3 Å². The first-order chi connectivity index (χ1) is 13.6. The van der Waals surface area contributed by atoms with Gasteiger partial charge in [0.2, 0.25) is 0 Å². The Labute approximate surface area is 163 Å². The molecule has 1 N–H and O–H groups in total. The first kappa shape index (κ1) is 20.9. The van der Waals surface area contributed by atoms with Crippen molar-refractivity contribution in [1.82, 2.24) is 10.3 Å². The third kappa shape index (κ3) is 5.35. The third-order valence-corrected chi connectivity index (χ3v) is 4.28. The molecule has 0 fully saturated rings. The van der Waals surface area contributed by atoms with E-state index in [0.29, 0.717) is 5.69 Å². The number of hydrogen-bond acceptors (Lipinski definition) is 2. The molecule has 0 aliphatic rings. The molecular formula is C21H16F6N2. The van der Waals surface area contributed by atoms with Gasteiger partial charge in [-0.2, -0.15) is 26.3 Å². The smallest absolute Gasteiger partial charge is 0.301 e. The Morgan fingerprint density at radius 3 is 1.86 bits per heavy atom. The van der Waals surface area contributed by atoms with E-state index in [2.05, 4.69) is 10.3 Å². The number of rotatable bonds is 5. The Balaban J connectivity index is 2.06. The molecule has 1 atom stereocenters. The molecule has 0 aliphatic heterocycles. The molecule has 2 aromatic carbocycles. The summed E-state index contributed by atoms with van der Waals surface area (Å²) in [5.74, 6) is 0. The summed E-state index contributed by atoms with van der Waals surface area (Å²) in [6.45, 7) is 0.236. The molecule has 3 rings (SSSR count). The fourth-order valence-electron chi connectivity index (χ4n) is 2.90. The molecule has 152 valence electrons. The quantitative estimate of drug-likeness (QED) is 0.522. The van der Waals surface area contributed by atoms with Gasteiger partial charge in [0.05, 0.1) is 22.9 Å². The Kier molecular flexibility index (Phi) is 5.93. The molecule has 0 aliphatic carbocycles. The van der Waals surface area contributed by atoms with E-state index in [1.54, 1.807) is 42.5 Å². The van der Waals surface area contributed by atoms with Gasteiger partial charge in [-0.15, -0.1) is 0 Å². The number of nitrogens with one attached hydrogen (secondary N) is 1. The highest BCUT2D eigenvalue weighted by Crippen LogP contribution is 2.38. The molecule has 0 unspecified atom stereocenters. The highest BCUT2D eigenvalue weighted by molar-refractivity contribution is 5.38. The zero-order chi connectivity index (χ0) is 21.1. The van der Waals surface area contributed by atoms with Crippen molar-refractivity contribution in [2.75, 3.05) is 0 Å². The van der Waals surface area contributed by atoms with E-state index in [-0.39, 0.29) is 18.2 Å². The van der Waals surface area contributed by atoms with Crippen molar-refractivity contribution >= 4 is 0 Å². The first-order valence-electron chi connectivity index (χ1n) is 8.62. The number of halogens is 6. The molecule has 1 heterocycles. The van der Waals surface area contributed by atoms with Gasteiger partial charge in [-0.25, -0.2) is 0 Å². The van der Waals surface area contributed by atoms with Crippen LogP contribution in [0.15, 0.2) is 72.9 Å². The van der Waals surface area contributed by atoms with Crippen LogP contribution in [0.5, 0.6) is 0 Å². The molecule has 1 aromatic heterocycles. The number of hydrogen-bond donors (Lipinski definition) is 1. The lowest BCUT2D eigenvalue weighted by Gasteiger charge is -2.22. The molecule has 3 aromatic rings. The molecule has 0 spiro atoms. The van der Waals surface area contributed by atoms with Crippen LogP contribution < -0.4 is 5.32 Å². The summed E-state index contributed by atoms with van der Waals surface area (Å²) in [5.41, 5.74) is -1.73. The SMILES string of the molecule is FC(F)(F)c1cc([C@H](NCc2ccccc2)c2ccccn2)cc(C(F)(F)F)c1. The van der Waals surface area contributed by atoms with Gasteiger partial charge >= 0.3 is 12.4 Å². The van der Waals surface area contributed by atoms with Gasteiger partial charge in [-0.05, 0) is 41.5 Å². The molecule has 8 heteroatoms. The summed E-state index contributed by atoms with van der Waals surface area (Å²) >= 11 is 0. The third-order valence-electron chi connectivity index (χ3n) is 4.28. The lowest BCUT2D eigenvalue weighted by molar-refractivity contribution is -0.143. The van der Waals surface area contributed by atoms with Crippen LogP contribution in [0.2, 0.25) is 0 Å². The van der Waals surface area contributed by atoms with Crippen molar-refractivity contribution in [2.24, 2.45) is 0 Å². The lowest BCUT2D eigenvalue weighted by Crippen LogP contribution is -2.24. The van der Waals surface area contributed by atoms with Gasteiger partial charge < -0.3 is 5.32 Å². The van der Waals surface area contributed by atoms with Gasteiger partial charge in [0.15, 0.2) is 0 Å². The second kappa shape index (κ2) is 8.24. The zero-order valence-corrected chi connectivity index (χ0v) is 14.9. The fourth-order valence-corrected chi connectivity index (χ4v) is 2.90. The van der Waals surface area contributed by atoms with Crippen molar-refractivity contribution in [1.29, 1.82) is 0 Å². The monoisotopic (exact) mass is 410 g/mol. The number of pyridine rings is 1. The van der Waals surface area contributed by atoms with Crippen molar-refractivity contribution in [3.8, 4) is 0 Å². The summed E-state index contributed by atoms with van der Waals surface area (Å²) < 4.78 is 79.5. The summed E-state index contributed by atoms with van der Waals surface area (Å²) in [4.78, 5) is 4.13. The number of benzene rings is 2. The maximum atomic E-state index is 13.2. The Morgan fingerprint density at radius 2 is 1.34 bits per heavy atom. The first-order valence-corrected chi connectivity index (χ1v) is 8.62. The number of nitrogens with zero attached hydrogens (tertiary/aromatic N) is 1. The van der Waals surface area contributed by atoms with Gasteiger partial charge in [0.1, 0.15) is 0 Å². The Morgan fingerprint density at radius 1 is 0.759 bits per heavy atom. The van der Waals surface area contributed by atoms with Crippen LogP contribution in [0, 0.1) is 0 Å². The van der Waals surface area contributed by atoms with E-state index in [1.807, 2.05) is 6.07 Å². The fraction of sp³-hybridized carbons (Fsp3) is 0.190. The molecule has 29 heavy (non-hydrogen) atoms. The van der Waals surface area contributed by atoms with E-state index < -0.39 is 29.5 Å². The predicted molar refractivity (Wildman–Crippen MR) is 95.8 cm³/mol. The largest absolute Gasteiger partial charge is 0.416 e. The Bertz CT molecular complexity index is 905. The minimum atomic E-state index is -4.91. The topological polar surface area (TPSA) is 24.9 Å². The molecule has 0 amide bonds. The van der Waals surface area contributed by atoms with Crippen LogP contribution in [0.25, 0.3) is 0 Å². The minimum Gasteiger partial charge on any atom is -0.301 e. The van der Waals surface area contributed by atoms with Gasteiger partial charge in [-0.3, -0.25) is 4.98 Å². The second-order valence-corrected chi connectivity index (χ2v) is 6.39. The van der Waals surface area contributed by atoms with E-state index in [1.165, 1.54) is 6.20 Å². The normalized spacial score (nSPS) is 13.3. The highest BCUT2D eigenvalue weighted by Gasteiger charge is 2.37. The Hall–Kier alpha value is -2.87. The highest BCUT2D eigenvalue weighted by atomic mass is 19.4. The van der Waals surface area contributed by atoms with E-state index in [0.717, 1.165) is 17.7 Å². The number of alkyl halides is 6. The molecule has 0 bridgehead atoms. The maximum absolute atomic E-state index is 13.2. The summed E-state index contributed by atoms with van der Waals surface area (Å²) in [7, 11) is 0. The second-order valence-electron chi connectivity index (χ2n) is 6.39. The van der Waals surface area contributed by atoms with Crippen molar-refractivity contribution in [3.63, 3.8) is 0 Å². The average Bonchev–Trinajstić information content (AvgIpc) is 2.68. The molecule has 0 radical (unpaired) electrons. The van der Waals surface area contributed by atoms with Crippen molar-refractivity contribution in [3.05, 3.63) is 101 Å². The standard InChI is InChI=1S/C21H16F6N2/c22-20(23,24)16-10-15(11-17(12-16)21(25,26)27)19(18-8-4-5-9-28-18)29-13-14-6-2-1-3-7-14/h1-12,19,29H,13H2/t19-/m0/s1. The molecule has 0 saturated heterocycles. The average molecular weight is 410 g/mol. The van der Waals surface area contributed by atoms with Crippen LogP contribution in [-0.2, 0) is 18.9 Å². The molecular weight excluding hydrogens is 394 g/mol. The van der Waals surface area contributed by atoms with Crippen molar-refractivity contribution in [2.45, 2.75) is 24.9 Å². The van der Waals surface area contributed by atoms with Crippen LogP contribution >= 0.6 is 0 Å². The summed E-state index contributed by atoms with van der Waals surface area (Å²) in [6, 6.07) is 14.4. The lowest BCUT2D eigenvalue weighted by atomic mass is 9.97. The van der Waals surface area contributed by atoms with Crippen LogP contribution in [0.3, 0.4) is 0 Å². The van der Waals surface area contributed by atoms with E-state index in [9.17, 15) is 26.3 Å². The van der Waals surface area contributed by atoms with Gasteiger partial charge in [-0.1, -0.05) is 36.4 Å². The molecule has 0 saturated carbocycles. The summed E-state index contributed by atoms with van der Waals surface area (Å²) in [5, 5.41) is 3.03. The maximum Gasteiger partial charge on any atom is 0.416 e. The van der Waals surface area contributed by atoms with E-state index >= 15 is 0 Å². The van der Waals surface area contributed by atoms with Gasteiger partial charge in [0.25, 0.3) is 0 Å². The van der Waals surface area contributed by atoms with Crippen LogP contribution in [-0.4, -0.2) is 4.98 Å². The number of aromatic nitrogens is 1. The molecule has 2 nitrogen and oxygen atoms in total.